The van der Waals surface area contributed by atoms with Gasteiger partial charge in [0.25, 0.3) is 0 Å². The van der Waals surface area contributed by atoms with E-state index in [9.17, 15) is 13.9 Å². The Labute approximate surface area is 124 Å². The van der Waals surface area contributed by atoms with Crippen LogP contribution in [0.25, 0.3) is 5.57 Å². The Morgan fingerprint density at radius 3 is 2.52 bits per heavy atom. The van der Waals surface area contributed by atoms with Crippen molar-refractivity contribution in [3.63, 3.8) is 0 Å². The van der Waals surface area contributed by atoms with Gasteiger partial charge in [-0.3, -0.25) is 0 Å². The fourth-order valence-corrected chi connectivity index (χ4v) is 3.89. The van der Waals surface area contributed by atoms with Gasteiger partial charge in [0.05, 0.1) is 5.60 Å². The molecule has 0 aliphatic heterocycles. The van der Waals surface area contributed by atoms with Crippen LogP contribution in [0.15, 0.2) is 24.3 Å². The third-order valence-electron chi connectivity index (χ3n) is 5.19. The summed E-state index contributed by atoms with van der Waals surface area (Å²) in [5, 5.41) is 10.8. The van der Waals surface area contributed by atoms with Gasteiger partial charge in [-0.1, -0.05) is 37.5 Å². The van der Waals surface area contributed by atoms with Gasteiger partial charge >= 0.3 is 0 Å². The first-order chi connectivity index (χ1) is 10.1. The molecule has 1 aromatic carbocycles. The van der Waals surface area contributed by atoms with Gasteiger partial charge in [0.15, 0.2) is 11.6 Å². The van der Waals surface area contributed by atoms with Gasteiger partial charge in [0, 0.05) is 5.56 Å². The average Bonchev–Trinajstić information content (AvgIpc) is 2.51. The molecule has 1 atom stereocenters. The molecule has 0 aromatic heterocycles. The standard InChI is InChI=1S/C18H22F2O/c19-16-6-4-5-15(17(16)20)13-7-9-14(10-8-13)18(21)11-2-1-3-12-18/h4-7,14,21H,1-3,8-12H2. The Bertz CT molecular complexity index is 544. The van der Waals surface area contributed by atoms with Crippen molar-refractivity contribution in [2.45, 2.75) is 57.0 Å². The molecule has 0 heterocycles. The fourth-order valence-electron chi connectivity index (χ4n) is 3.89. The number of rotatable bonds is 2. The van der Waals surface area contributed by atoms with Crippen LogP contribution in [-0.2, 0) is 0 Å². The molecule has 2 aliphatic rings. The van der Waals surface area contributed by atoms with Crippen molar-refractivity contribution < 1.29 is 13.9 Å². The summed E-state index contributed by atoms with van der Waals surface area (Å²) in [4.78, 5) is 0. The van der Waals surface area contributed by atoms with Crippen LogP contribution in [0, 0.1) is 17.6 Å². The third kappa shape index (κ3) is 2.89. The minimum atomic E-state index is -0.790. The second-order valence-electron chi connectivity index (χ2n) is 6.47. The molecule has 1 saturated carbocycles. The quantitative estimate of drug-likeness (QED) is 0.826. The summed E-state index contributed by atoms with van der Waals surface area (Å²) in [5.74, 6) is -1.28. The smallest absolute Gasteiger partial charge is 0.166 e. The maximum absolute atomic E-state index is 13.8. The van der Waals surface area contributed by atoms with Crippen molar-refractivity contribution in [3.05, 3.63) is 41.5 Å². The molecule has 0 radical (unpaired) electrons. The van der Waals surface area contributed by atoms with Gasteiger partial charge in [0.2, 0.25) is 0 Å². The number of aliphatic hydroxyl groups is 1. The molecule has 3 heteroatoms. The predicted molar refractivity (Wildman–Crippen MR) is 79.7 cm³/mol. The first-order valence-corrected chi connectivity index (χ1v) is 7.96. The molecule has 1 fully saturated rings. The van der Waals surface area contributed by atoms with E-state index in [0.717, 1.165) is 50.2 Å². The zero-order chi connectivity index (χ0) is 14.9. The zero-order valence-corrected chi connectivity index (χ0v) is 12.2. The third-order valence-corrected chi connectivity index (χ3v) is 5.19. The average molecular weight is 292 g/mol. The van der Waals surface area contributed by atoms with E-state index in [2.05, 4.69) is 0 Å². The van der Waals surface area contributed by atoms with Crippen LogP contribution in [0.3, 0.4) is 0 Å². The highest BCUT2D eigenvalue weighted by Crippen LogP contribution is 2.42. The normalized spacial score (nSPS) is 25.5. The molecule has 0 spiro atoms. The van der Waals surface area contributed by atoms with Crippen LogP contribution in [0.5, 0.6) is 0 Å². The fraction of sp³-hybridized carbons (Fsp3) is 0.556. The highest BCUT2D eigenvalue weighted by atomic mass is 19.2. The molecule has 1 N–H and O–H groups in total. The Kier molecular flexibility index (Phi) is 4.12. The molecule has 0 bridgehead atoms. The van der Waals surface area contributed by atoms with Gasteiger partial charge < -0.3 is 5.11 Å². The van der Waals surface area contributed by atoms with E-state index < -0.39 is 17.2 Å². The SMILES string of the molecule is OC1(C2CC=C(c3cccc(F)c3F)CC2)CCCCC1. The number of benzene rings is 1. The lowest BCUT2D eigenvalue weighted by atomic mass is 9.70. The molecular formula is C18H22F2O. The molecule has 21 heavy (non-hydrogen) atoms. The minimum Gasteiger partial charge on any atom is -0.390 e. The lowest BCUT2D eigenvalue weighted by molar-refractivity contribution is -0.0517. The van der Waals surface area contributed by atoms with Gasteiger partial charge in [-0.2, -0.15) is 0 Å². The lowest BCUT2D eigenvalue weighted by Crippen LogP contribution is -2.40. The van der Waals surface area contributed by atoms with Crippen molar-refractivity contribution in [2.75, 3.05) is 0 Å². The van der Waals surface area contributed by atoms with Crippen molar-refractivity contribution in [1.82, 2.24) is 0 Å². The van der Waals surface area contributed by atoms with E-state index in [4.69, 9.17) is 0 Å². The van der Waals surface area contributed by atoms with Gasteiger partial charge in [0.1, 0.15) is 0 Å². The Balaban J connectivity index is 1.76. The van der Waals surface area contributed by atoms with E-state index in [1.165, 1.54) is 6.42 Å². The molecular weight excluding hydrogens is 270 g/mol. The van der Waals surface area contributed by atoms with E-state index in [0.29, 0.717) is 12.0 Å². The Morgan fingerprint density at radius 1 is 1.10 bits per heavy atom. The van der Waals surface area contributed by atoms with E-state index in [-0.39, 0.29) is 5.92 Å². The maximum Gasteiger partial charge on any atom is 0.166 e. The molecule has 114 valence electrons. The van der Waals surface area contributed by atoms with Crippen LogP contribution < -0.4 is 0 Å². The van der Waals surface area contributed by atoms with E-state index >= 15 is 0 Å². The first-order valence-electron chi connectivity index (χ1n) is 7.96. The van der Waals surface area contributed by atoms with Crippen LogP contribution in [0.1, 0.15) is 56.9 Å². The molecule has 2 aliphatic carbocycles. The number of hydrogen-bond acceptors (Lipinski definition) is 1. The highest BCUT2D eigenvalue weighted by Gasteiger charge is 2.38. The molecule has 0 saturated heterocycles. The second kappa shape index (κ2) is 5.88. The van der Waals surface area contributed by atoms with Gasteiger partial charge in [-0.05, 0) is 49.7 Å². The molecule has 1 aromatic rings. The Morgan fingerprint density at radius 2 is 1.86 bits per heavy atom. The topological polar surface area (TPSA) is 20.2 Å². The summed E-state index contributed by atoms with van der Waals surface area (Å²) < 4.78 is 27.2. The summed E-state index contributed by atoms with van der Waals surface area (Å²) in [7, 11) is 0. The van der Waals surface area contributed by atoms with Crippen molar-refractivity contribution in [3.8, 4) is 0 Å². The second-order valence-corrected chi connectivity index (χ2v) is 6.47. The first kappa shape index (κ1) is 14.7. The molecule has 0 amide bonds. The van der Waals surface area contributed by atoms with Crippen LogP contribution in [-0.4, -0.2) is 10.7 Å². The predicted octanol–water partition coefficient (Wildman–Crippen LogP) is 4.84. The molecule has 3 rings (SSSR count). The number of halogens is 2. The highest BCUT2D eigenvalue weighted by molar-refractivity contribution is 5.66. The number of hydrogen-bond donors (Lipinski definition) is 1. The summed E-state index contributed by atoms with van der Waals surface area (Å²) in [6.07, 6.45) is 9.52. The lowest BCUT2D eigenvalue weighted by Gasteiger charge is -2.40. The molecule has 1 nitrogen and oxygen atoms in total. The number of allylic oxidation sites excluding steroid dienone is 2. The van der Waals surface area contributed by atoms with Crippen molar-refractivity contribution >= 4 is 5.57 Å². The van der Waals surface area contributed by atoms with E-state index in [1.807, 2.05) is 6.08 Å². The zero-order valence-electron chi connectivity index (χ0n) is 12.2. The maximum atomic E-state index is 13.8. The summed E-state index contributed by atoms with van der Waals surface area (Å²) >= 11 is 0. The van der Waals surface area contributed by atoms with Gasteiger partial charge in [-0.15, -0.1) is 0 Å². The minimum absolute atomic E-state index is 0.262. The molecule has 1 unspecified atom stereocenters. The van der Waals surface area contributed by atoms with Crippen molar-refractivity contribution in [1.29, 1.82) is 0 Å². The largest absolute Gasteiger partial charge is 0.390 e. The van der Waals surface area contributed by atoms with E-state index in [1.54, 1.807) is 12.1 Å². The van der Waals surface area contributed by atoms with Gasteiger partial charge in [-0.25, -0.2) is 8.78 Å². The van der Waals surface area contributed by atoms with Crippen LogP contribution in [0.4, 0.5) is 8.78 Å². The van der Waals surface area contributed by atoms with Crippen molar-refractivity contribution in [2.24, 2.45) is 5.92 Å². The summed E-state index contributed by atoms with van der Waals surface area (Å²) in [6.45, 7) is 0. The summed E-state index contributed by atoms with van der Waals surface area (Å²) in [6, 6.07) is 4.34. The summed E-state index contributed by atoms with van der Waals surface area (Å²) in [5.41, 5.74) is 0.715. The monoisotopic (exact) mass is 292 g/mol. The van der Waals surface area contributed by atoms with Crippen LogP contribution >= 0.6 is 0 Å². The Hall–Kier alpha value is -1.22. The van der Waals surface area contributed by atoms with Crippen LogP contribution in [0.2, 0.25) is 0 Å².